The first kappa shape index (κ1) is 17.3. The van der Waals surface area contributed by atoms with Gasteiger partial charge in [0.05, 0.1) is 6.54 Å². The standard InChI is InChI=1S/C21H21N3O3/c1-14-11-16(25)12-17(22-14)21(26)24-10-9-19-18(13-24)23-20(27-19)8-7-15-5-3-2-4-6-15/h2-6,11-12H,7-10,13H2,1H3,(H,22,25). The van der Waals surface area contributed by atoms with Crippen LogP contribution in [0.25, 0.3) is 0 Å². The van der Waals surface area contributed by atoms with Crippen LogP contribution in [0.5, 0.6) is 0 Å². The molecule has 6 heteroatoms. The summed E-state index contributed by atoms with van der Waals surface area (Å²) in [6, 6.07) is 13.0. The van der Waals surface area contributed by atoms with Crippen LogP contribution in [-0.4, -0.2) is 27.3 Å². The Hall–Kier alpha value is -3.15. The maximum atomic E-state index is 12.7. The molecule has 0 saturated heterocycles. The lowest BCUT2D eigenvalue weighted by Gasteiger charge is -2.25. The van der Waals surface area contributed by atoms with Crippen molar-refractivity contribution in [1.29, 1.82) is 0 Å². The van der Waals surface area contributed by atoms with Crippen molar-refractivity contribution < 1.29 is 9.21 Å². The number of rotatable bonds is 4. The number of nitrogens with one attached hydrogen (secondary N) is 1. The second-order valence-electron chi connectivity index (χ2n) is 6.85. The van der Waals surface area contributed by atoms with Crippen LogP contribution in [-0.2, 0) is 25.8 Å². The Bertz CT molecular complexity index is 1020. The topological polar surface area (TPSA) is 79.2 Å². The smallest absolute Gasteiger partial charge is 0.270 e. The van der Waals surface area contributed by atoms with E-state index in [1.807, 2.05) is 18.2 Å². The van der Waals surface area contributed by atoms with Gasteiger partial charge >= 0.3 is 0 Å². The maximum Gasteiger partial charge on any atom is 0.270 e. The van der Waals surface area contributed by atoms with Gasteiger partial charge in [0.15, 0.2) is 11.3 Å². The molecule has 0 fully saturated rings. The summed E-state index contributed by atoms with van der Waals surface area (Å²) in [6.07, 6.45) is 2.24. The first-order chi connectivity index (χ1) is 13.1. The highest BCUT2D eigenvalue weighted by Crippen LogP contribution is 2.22. The third kappa shape index (κ3) is 3.84. The highest BCUT2D eigenvalue weighted by atomic mass is 16.4. The van der Waals surface area contributed by atoms with Gasteiger partial charge in [-0.3, -0.25) is 9.59 Å². The fourth-order valence-electron chi connectivity index (χ4n) is 3.40. The predicted octanol–water partition coefficient (Wildman–Crippen LogP) is 2.66. The summed E-state index contributed by atoms with van der Waals surface area (Å²) in [5.41, 5.74) is 2.88. The van der Waals surface area contributed by atoms with E-state index in [1.54, 1.807) is 11.8 Å². The largest absolute Gasteiger partial charge is 0.445 e. The zero-order valence-electron chi connectivity index (χ0n) is 15.2. The number of aromatic amines is 1. The molecule has 4 rings (SSSR count). The number of hydrogen-bond donors (Lipinski definition) is 1. The first-order valence-corrected chi connectivity index (χ1v) is 9.10. The van der Waals surface area contributed by atoms with Gasteiger partial charge in [-0.25, -0.2) is 4.98 Å². The Labute approximate surface area is 156 Å². The number of oxazole rings is 1. The Morgan fingerprint density at radius 1 is 1.22 bits per heavy atom. The van der Waals surface area contributed by atoms with E-state index in [4.69, 9.17) is 4.42 Å². The summed E-state index contributed by atoms with van der Waals surface area (Å²) in [5, 5.41) is 0. The molecule has 1 aromatic carbocycles. The monoisotopic (exact) mass is 363 g/mol. The molecule has 0 aliphatic carbocycles. The van der Waals surface area contributed by atoms with Crippen LogP contribution in [0.15, 0.2) is 51.7 Å². The van der Waals surface area contributed by atoms with Crippen LogP contribution >= 0.6 is 0 Å². The minimum absolute atomic E-state index is 0.170. The summed E-state index contributed by atoms with van der Waals surface area (Å²) in [7, 11) is 0. The summed E-state index contributed by atoms with van der Waals surface area (Å²) in [6.45, 7) is 2.72. The van der Waals surface area contributed by atoms with Crippen LogP contribution in [0.3, 0.4) is 0 Å². The van der Waals surface area contributed by atoms with Crippen molar-refractivity contribution in [3.05, 3.63) is 87.0 Å². The van der Waals surface area contributed by atoms with Crippen LogP contribution in [0.4, 0.5) is 0 Å². The van der Waals surface area contributed by atoms with Crippen molar-refractivity contribution in [2.24, 2.45) is 0 Å². The second kappa shape index (κ2) is 7.23. The number of aromatic nitrogens is 2. The van der Waals surface area contributed by atoms with Crippen molar-refractivity contribution >= 4 is 5.91 Å². The Balaban J connectivity index is 1.46. The molecule has 1 amide bonds. The van der Waals surface area contributed by atoms with E-state index in [2.05, 4.69) is 22.1 Å². The molecule has 0 unspecified atom stereocenters. The third-order valence-corrected chi connectivity index (χ3v) is 4.74. The van der Waals surface area contributed by atoms with Gasteiger partial charge in [-0.1, -0.05) is 30.3 Å². The molecule has 0 spiro atoms. The highest BCUT2D eigenvalue weighted by Gasteiger charge is 2.26. The molecule has 1 aliphatic rings. The van der Waals surface area contributed by atoms with Gasteiger partial charge in [-0.15, -0.1) is 0 Å². The van der Waals surface area contributed by atoms with E-state index in [9.17, 15) is 9.59 Å². The summed E-state index contributed by atoms with van der Waals surface area (Å²) < 4.78 is 5.89. The predicted molar refractivity (Wildman–Crippen MR) is 101 cm³/mol. The number of carbonyl (C=O) groups excluding carboxylic acids is 1. The summed E-state index contributed by atoms with van der Waals surface area (Å²) >= 11 is 0. The molecule has 6 nitrogen and oxygen atoms in total. The zero-order valence-corrected chi connectivity index (χ0v) is 15.2. The average Bonchev–Trinajstić information content (AvgIpc) is 3.08. The van der Waals surface area contributed by atoms with Gasteiger partial charge in [0.2, 0.25) is 0 Å². The molecule has 27 heavy (non-hydrogen) atoms. The molecular formula is C21H21N3O3. The normalized spacial score (nSPS) is 13.4. The summed E-state index contributed by atoms with van der Waals surface area (Å²) in [4.78, 5) is 33.7. The number of fused-ring (bicyclic) bond motifs is 1. The Morgan fingerprint density at radius 3 is 2.81 bits per heavy atom. The molecule has 0 saturated carbocycles. The quantitative estimate of drug-likeness (QED) is 0.773. The first-order valence-electron chi connectivity index (χ1n) is 9.10. The Kier molecular flexibility index (Phi) is 4.62. The molecule has 0 bridgehead atoms. The number of hydrogen-bond acceptors (Lipinski definition) is 4. The number of carbonyl (C=O) groups is 1. The van der Waals surface area contributed by atoms with Crippen LogP contribution < -0.4 is 5.43 Å². The average molecular weight is 363 g/mol. The van der Waals surface area contributed by atoms with E-state index < -0.39 is 0 Å². The van der Waals surface area contributed by atoms with Crippen LogP contribution in [0, 0.1) is 6.92 Å². The van der Waals surface area contributed by atoms with Gasteiger partial charge in [-0.05, 0) is 18.9 Å². The molecular weight excluding hydrogens is 342 g/mol. The molecule has 0 atom stereocenters. The highest BCUT2D eigenvalue weighted by molar-refractivity contribution is 5.92. The minimum atomic E-state index is -0.185. The number of nitrogens with zero attached hydrogens (tertiary/aromatic N) is 2. The van der Waals surface area contributed by atoms with Crippen molar-refractivity contribution in [1.82, 2.24) is 14.9 Å². The van der Waals surface area contributed by atoms with Crippen LogP contribution in [0.2, 0.25) is 0 Å². The van der Waals surface area contributed by atoms with E-state index >= 15 is 0 Å². The zero-order chi connectivity index (χ0) is 18.8. The number of H-pyrrole nitrogens is 1. The molecule has 1 aliphatic heterocycles. The third-order valence-electron chi connectivity index (χ3n) is 4.74. The van der Waals surface area contributed by atoms with E-state index in [0.29, 0.717) is 36.8 Å². The van der Waals surface area contributed by atoms with Crippen molar-refractivity contribution in [2.75, 3.05) is 6.54 Å². The van der Waals surface area contributed by atoms with Crippen LogP contribution in [0.1, 0.15) is 39.1 Å². The molecule has 138 valence electrons. The number of amides is 1. The molecule has 1 N–H and O–H groups in total. The lowest BCUT2D eigenvalue weighted by molar-refractivity contribution is 0.0721. The van der Waals surface area contributed by atoms with Crippen molar-refractivity contribution in [2.45, 2.75) is 32.7 Å². The van der Waals surface area contributed by atoms with Gasteiger partial charge < -0.3 is 14.3 Å². The number of benzene rings is 1. The fourth-order valence-corrected chi connectivity index (χ4v) is 3.40. The second-order valence-corrected chi connectivity index (χ2v) is 6.85. The van der Waals surface area contributed by atoms with Gasteiger partial charge in [0, 0.05) is 37.2 Å². The molecule has 2 aromatic heterocycles. The van der Waals surface area contributed by atoms with E-state index in [1.165, 1.54) is 17.7 Å². The van der Waals surface area contributed by atoms with Gasteiger partial charge in [0.25, 0.3) is 5.91 Å². The van der Waals surface area contributed by atoms with Crippen molar-refractivity contribution in [3.63, 3.8) is 0 Å². The van der Waals surface area contributed by atoms with Crippen molar-refractivity contribution in [3.8, 4) is 0 Å². The van der Waals surface area contributed by atoms with E-state index in [0.717, 1.165) is 24.3 Å². The number of pyridine rings is 1. The molecule has 3 heterocycles. The number of aryl methyl sites for hydroxylation is 3. The lowest BCUT2D eigenvalue weighted by Crippen LogP contribution is -2.36. The lowest BCUT2D eigenvalue weighted by atomic mass is 10.1. The maximum absolute atomic E-state index is 12.7. The summed E-state index contributed by atoms with van der Waals surface area (Å²) in [5.74, 6) is 1.39. The van der Waals surface area contributed by atoms with E-state index in [-0.39, 0.29) is 11.3 Å². The minimum Gasteiger partial charge on any atom is -0.445 e. The fraction of sp³-hybridized carbons (Fsp3) is 0.286. The Morgan fingerprint density at radius 2 is 2.04 bits per heavy atom. The molecule has 3 aromatic rings. The SMILES string of the molecule is Cc1cc(=O)cc(C(=O)N2CCc3oc(CCc4ccccc4)nc3C2)[nH]1. The van der Waals surface area contributed by atoms with Gasteiger partial charge in [-0.2, -0.15) is 0 Å². The molecule has 0 radical (unpaired) electrons. The van der Waals surface area contributed by atoms with Gasteiger partial charge in [0.1, 0.15) is 17.1 Å².